The Balaban J connectivity index is 1.60. The lowest BCUT2D eigenvalue weighted by Gasteiger charge is -2.15. The molecule has 0 unspecified atom stereocenters. The Hall–Kier alpha value is -3.67. The molecule has 0 aliphatic heterocycles. The van der Waals surface area contributed by atoms with E-state index < -0.39 is 23.7 Å². The molecule has 0 spiro atoms. The molecule has 1 amide bonds. The lowest BCUT2D eigenvalue weighted by atomic mass is 10.0. The van der Waals surface area contributed by atoms with Gasteiger partial charge in [-0.3, -0.25) is 4.79 Å². The van der Waals surface area contributed by atoms with Crippen LogP contribution in [0, 0.1) is 5.82 Å². The zero-order chi connectivity index (χ0) is 21.3. The van der Waals surface area contributed by atoms with Gasteiger partial charge < -0.3 is 15.2 Å². The largest absolute Gasteiger partial charge is 0.489 e. The SMILES string of the molecule is O=C(Cc1cccc(F)c1)N[C@H](Cc1cccc(OCc2ccccc2)c1)C(=O)O. The number of carbonyl (C=O) groups excluding carboxylic acids is 1. The van der Waals surface area contributed by atoms with E-state index in [1.165, 1.54) is 18.2 Å². The van der Waals surface area contributed by atoms with E-state index in [9.17, 15) is 19.1 Å². The molecule has 3 rings (SSSR count). The summed E-state index contributed by atoms with van der Waals surface area (Å²) in [5.41, 5.74) is 2.22. The maximum atomic E-state index is 13.3. The van der Waals surface area contributed by atoms with Gasteiger partial charge in [0, 0.05) is 6.42 Å². The highest BCUT2D eigenvalue weighted by Crippen LogP contribution is 2.17. The Morgan fingerprint density at radius 2 is 1.60 bits per heavy atom. The second-order valence-electron chi connectivity index (χ2n) is 6.89. The monoisotopic (exact) mass is 407 g/mol. The van der Waals surface area contributed by atoms with Gasteiger partial charge in [-0.15, -0.1) is 0 Å². The predicted octanol–water partition coefficient (Wildman–Crippen LogP) is 3.76. The van der Waals surface area contributed by atoms with Crippen LogP contribution in [0.2, 0.25) is 0 Å². The van der Waals surface area contributed by atoms with Crippen LogP contribution >= 0.6 is 0 Å². The van der Waals surface area contributed by atoms with Crippen molar-refractivity contribution in [1.29, 1.82) is 0 Å². The summed E-state index contributed by atoms with van der Waals surface area (Å²) in [5, 5.41) is 12.0. The molecule has 30 heavy (non-hydrogen) atoms. The molecule has 1 atom stereocenters. The van der Waals surface area contributed by atoms with E-state index in [1.54, 1.807) is 30.3 Å². The van der Waals surface area contributed by atoms with Crippen molar-refractivity contribution in [2.45, 2.75) is 25.5 Å². The minimum absolute atomic E-state index is 0.0955. The maximum Gasteiger partial charge on any atom is 0.326 e. The van der Waals surface area contributed by atoms with Crippen molar-refractivity contribution in [3.63, 3.8) is 0 Å². The van der Waals surface area contributed by atoms with Crippen LogP contribution in [0.15, 0.2) is 78.9 Å². The number of carboxylic acid groups (broad SMARTS) is 1. The second-order valence-corrected chi connectivity index (χ2v) is 6.89. The van der Waals surface area contributed by atoms with Crippen molar-refractivity contribution in [2.24, 2.45) is 0 Å². The summed E-state index contributed by atoms with van der Waals surface area (Å²) in [6.07, 6.45) is 0.00846. The number of rotatable bonds is 9. The number of amides is 1. The van der Waals surface area contributed by atoms with Crippen LogP contribution in [-0.4, -0.2) is 23.0 Å². The molecule has 0 saturated carbocycles. The molecule has 0 heterocycles. The minimum atomic E-state index is -1.14. The number of carbonyl (C=O) groups is 2. The molecule has 5 nitrogen and oxygen atoms in total. The standard InChI is InChI=1S/C24H22FNO4/c25-20-10-4-8-18(12-20)15-23(27)26-22(24(28)29)14-19-9-5-11-21(13-19)30-16-17-6-2-1-3-7-17/h1-13,22H,14-16H2,(H,26,27)(H,28,29)/t22-/m1/s1. The highest BCUT2D eigenvalue weighted by molar-refractivity contribution is 5.85. The molecule has 0 radical (unpaired) electrons. The highest BCUT2D eigenvalue weighted by atomic mass is 19.1. The number of carboxylic acids is 1. The molecular weight excluding hydrogens is 385 g/mol. The quantitative estimate of drug-likeness (QED) is 0.566. The third-order valence-electron chi connectivity index (χ3n) is 4.47. The van der Waals surface area contributed by atoms with Gasteiger partial charge in [-0.1, -0.05) is 54.6 Å². The van der Waals surface area contributed by atoms with Crippen LogP contribution in [-0.2, 0) is 29.0 Å². The number of benzene rings is 3. The van der Waals surface area contributed by atoms with Crippen LogP contribution < -0.4 is 10.1 Å². The van der Waals surface area contributed by atoms with Gasteiger partial charge in [0.05, 0.1) is 6.42 Å². The number of hydrogen-bond donors (Lipinski definition) is 2. The fourth-order valence-corrected chi connectivity index (χ4v) is 3.02. The summed E-state index contributed by atoms with van der Waals surface area (Å²) in [7, 11) is 0. The summed E-state index contributed by atoms with van der Waals surface area (Å²) in [5.74, 6) is -1.45. The normalized spacial score (nSPS) is 11.5. The average Bonchev–Trinajstić information content (AvgIpc) is 2.73. The summed E-state index contributed by atoms with van der Waals surface area (Å²) < 4.78 is 19.0. The molecule has 0 fully saturated rings. The number of aliphatic carboxylic acids is 1. The first-order valence-electron chi connectivity index (χ1n) is 9.52. The smallest absolute Gasteiger partial charge is 0.326 e. The van der Waals surface area contributed by atoms with E-state index in [4.69, 9.17) is 4.74 Å². The van der Waals surface area contributed by atoms with Crippen LogP contribution in [0.4, 0.5) is 4.39 Å². The van der Waals surface area contributed by atoms with Crippen molar-refractivity contribution in [1.82, 2.24) is 5.32 Å². The Morgan fingerprint density at radius 1 is 0.900 bits per heavy atom. The molecule has 154 valence electrons. The van der Waals surface area contributed by atoms with Crippen molar-refractivity contribution < 1.29 is 23.8 Å². The van der Waals surface area contributed by atoms with E-state index in [2.05, 4.69) is 5.32 Å². The van der Waals surface area contributed by atoms with Gasteiger partial charge in [-0.25, -0.2) is 9.18 Å². The van der Waals surface area contributed by atoms with Crippen molar-refractivity contribution >= 4 is 11.9 Å². The fourth-order valence-electron chi connectivity index (χ4n) is 3.02. The molecule has 3 aromatic carbocycles. The molecule has 0 aliphatic carbocycles. The van der Waals surface area contributed by atoms with Crippen LogP contribution in [0.1, 0.15) is 16.7 Å². The molecule has 0 bridgehead atoms. The van der Waals surface area contributed by atoms with Gasteiger partial charge in [0.25, 0.3) is 0 Å². The Bertz CT molecular complexity index is 1010. The Morgan fingerprint density at radius 3 is 2.33 bits per heavy atom. The topological polar surface area (TPSA) is 75.6 Å². The summed E-state index contributed by atoms with van der Waals surface area (Å²) in [4.78, 5) is 23.9. The van der Waals surface area contributed by atoms with E-state index in [0.717, 1.165) is 11.1 Å². The van der Waals surface area contributed by atoms with Gasteiger partial charge in [0.2, 0.25) is 5.91 Å². The summed E-state index contributed by atoms with van der Waals surface area (Å²) in [6, 6.07) is 21.4. The number of hydrogen-bond acceptors (Lipinski definition) is 3. The molecular formula is C24H22FNO4. The number of halogens is 1. The van der Waals surface area contributed by atoms with Gasteiger partial charge in [0.1, 0.15) is 24.2 Å². The Kier molecular flexibility index (Phi) is 7.16. The van der Waals surface area contributed by atoms with Gasteiger partial charge in [-0.05, 0) is 41.0 Å². The zero-order valence-corrected chi connectivity index (χ0v) is 16.3. The predicted molar refractivity (Wildman–Crippen MR) is 111 cm³/mol. The summed E-state index contributed by atoms with van der Waals surface area (Å²) in [6.45, 7) is 0.400. The van der Waals surface area contributed by atoms with Crippen LogP contribution in [0.5, 0.6) is 5.75 Å². The molecule has 0 aromatic heterocycles. The van der Waals surface area contributed by atoms with Crippen LogP contribution in [0.25, 0.3) is 0 Å². The lowest BCUT2D eigenvalue weighted by molar-refractivity contribution is -0.141. The van der Waals surface area contributed by atoms with Gasteiger partial charge in [0.15, 0.2) is 0 Å². The van der Waals surface area contributed by atoms with E-state index in [1.807, 2.05) is 30.3 Å². The number of nitrogens with one attached hydrogen (secondary N) is 1. The van der Waals surface area contributed by atoms with Crippen molar-refractivity contribution in [3.8, 4) is 5.75 Å². The van der Waals surface area contributed by atoms with E-state index in [0.29, 0.717) is 17.9 Å². The highest BCUT2D eigenvalue weighted by Gasteiger charge is 2.21. The first-order chi connectivity index (χ1) is 14.5. The molecule has 3 aromatic rings. The second kappa shape index (κ2) is 10.2. The van der Waals surface area contributed by atoms with Crippen molar-refractivity contribution in [2.75, 3.05) is 0 Å². The first kappa shape index (κ1) is 21.0. The zero-order valence-electron chi connectivity index (χ0n) is 16.3. The summed E-state index contributed by atoms with van der Waals surface area (Å²) >= 11 is 0. The molecule has 0 saturated heterocycles. The van der Waals surface area contributed by atoms with Crippen LogP contribution in [0.3, 0.4) is 0 Å². The number of ether oxygens (including phenoxy) is 1. The average molecular weight is 407 g/mol. The fraction of sp³-hybridized carbons (Fsp3) is 0.167. The first-order valence-corrected chi connectivity index (χ1v) is 9.52. The minimum Gasteiger partial charge on any atom is -0.489 e. The van der Waals surface area contributed by atoms with E-state index >= 15 is 0 Å². The molecule has 2 N–H and O–H groups in total. The van der Waals surface area contributed by atoms with Gasteiger partial charge >= 0.3 is 5.97 Å². The van der Waals surface area contributed by atoms with E-state index in [-0.39, 0.29) is 12.8 Å². The molecule has 0 aliphatic rings. The molecule has 6 heteroatoms. The van der Waals surface area contributed by atoms with Crippen molar-refractivity contribution in [3.05, 3.63) is 101 Å². The lowest BCUT2D eigenvalue weighted by Crippen LogP contribution is -2.43. The maximum absolute atomic E-state index is 13.3. The van der Waals surface area contributed by atoms with Gasteiger partial charge in [-0.2, -0.15) is 0 Å². The Labute approximate surface area is 174 Å². The third kappa shape index (κ3) is 6.44. The third-order valence-corrected chi connectivity index (χ3v) is 4.47.